The van der Waals surface area contributed by atoms with Gasteiger partial charge in [0.25, 0.3) is 10.0 Å². The van der Waals surface area contributed by atoms with Crippen molar-refractivity contribution in [3.05, 3.63) is 53.9 Å². The molecule has 2 aromatic rings. The van der Waals surface area contributed by atoms with Gasteiger partial charge in [-0.05, 0) is 69.5 Å². The Morgan fingerprint density at radius 2 is 1.79 bits per heavy atom. The number of carbonyl (C=O) groups excluding carboxylic acids is 1. The van der Waals surface area contributed by atoms with Gasteiger partial charge >= 0.3 is 0 Å². The van der Waals surface area contributed by atoms with E-state index in [-0.39, 0.29) is 22.7 Å². The molecule has 6 nitrogen and oxygen atoms in total. The van der Waals surface area contributed by atoms with E-state index in [2.05, 4.69) is 18.7 Å². The van der Waals surface area contributed by atoms with Crippen LogP contribution in [0.2, 0.25) is 0 Å². The number of rotatable bonds is 11. The zero-order chi connectivity index (χ0) is 24.0. The van der Waals surface area contributed by atoms with Crippen LogP contribution in [-0.4, -0.2) is 55.4 Å². The second kappa shape index (κ2) is 11.4. The fourth-order valence-electron chi connectivity index (χ4n) is 4.92. The van der Waals surface area contributed by atoms with Crippen LogP contribution in [0.15, 0.2) is 47.6 Å². The Morgan fingerprint density at radius 3 is 2.39 bits per heavy atom. The first-order chi connectivity index (χ1) is 15.8. The molecule has 7 heteroatoms. The van der Waals surface area contributed by atoms with E-state index in [9.17, 15) is 13.2 Å². The van der Waals surface area contributed by atoms with E-state index in [1.165, 1.54) is 3.97 Å². The van der Waals surface area contributed by atoms with Crippen molar-refractivity contribution in [2.75, 3.05) is 20.2 Å². The van der Waals surface area contributed by atoms with Gasteiger partial charge in [0, 0.05) is 44.3 Å². The minimum Gasteiger partial charge on any atom is -0.380 e. The van der Waals surface area contributed by atoms with Crippen LogP contribution < -0.4 is 0 Å². The predicted octanol–water partition coefficient (Wildman–Crippen LogP) is 4.45. The lowest BCUT2D eigenvalue weighted by atomic mass is 9.79. The number of methoxy groups -OCH3 is 1. The smallest absolute Gasteiger partial charge is 0.267 e. The van der Waals surface area contributed by atoms with Crippen LogP contribution in [0.25, 0.3) is 0 Å². The number of ketones is 1. The number of Topliss-reactive ketones (excluding diaryl/α,β-unsaturated/α-hetero) is 1. The second-order valence-corrected chi connectivity index (χ2v) is 11.0. The van der Waals surface area contributed by atoms with E-state index in [0.717, 1.165) is 49.9 Å². The summed E-state index contributed by atoms with van der Waals surface area (Å²) < 4.78 is 33.0. The Bertz CT molecular complexity index is 1010. The molecule has 0 spiro atoms. The molecule has 0 N–H and O–H groups in total. The van der Waals surface area contributed by atoms with E-state index in [1.54, 1.807) is 43.8 Å². The molecule has 1 aromatic carbocycles. The molecular formula is C26H38N2O4S. The zero-order valence-electron chi connectivity index (χ0n) is 20.4. The number of hydrogen-bond donors (Lipinski definition) is 0. The van der Waals surface area contributed by atoms with Crippen molar-refractivity contribution in [1.29, 1.82) is 0 Å². The first-order valence-corrected chi connectivity index (χ1v) is 13.5. The number of carbonyl (C=O) groups is 1. The first kappa shape index (κ1) is 25.7. The van der Waals surface area contributed by atoms with E-state index in [0.29, 0.717) is 18.9 Å². The van der Waals surface area contributed by atoms with Crippen molar-refractivity contribution in [2.45, 2.75) is 76.3 Å². The number of ether oxygens (including phenoxy) is 1. The van der Waals surface area contributed by atoms with Gasteiger partial charge in [-0.15, -0.1) is 0 Å². The van der Waals surface area contributed by atoms with Gasteiger partial charge in [0.2, 0.25) is 0 Å². The van der Waals surface area contributed by atoms with E-state index in [1.807, 2.05) is 13.0 Å². The molecule has 1 aromatic heterocycles. The summed E-state index contributed by atoms with van der Waals surface area (Å²) in [5, 5.41) is 0. The molecular weight excluding hydrogens is 436 g/mol. The summed E-state index contributed by atoms with van der Waals surface area (Å²) in [4.78, 5) is 15.6. The summed E-state index contributed by atoms with van der Waals surface area (Å²) >= 11 is 0. The molecule has 1 heterocycles. The summed E-state index contributed by atoms with van der Waals surface area (Å²) in [7, 11) is -1.99. The lowest BCUT2D eigenvalue weighted by Gasteiger charge is -2.39. The van der Waals surface area contributed by atoms with Gasteiger partial charge < -0.3 is 9.64 Å². The van der Waals surface area contributed by atoms with Gasteiger partial charge in [-0.2, -0.15) is 0 Å². The largest absolute Gasteiger partial charge is 0.380 e. The lowest BCUT2D eigenvalue weighted by Crippen LogP contribution is -2.46. The Kier molecular flexibility index (Phi) is 8.90. The number of nitrogens with zero attached hydrogens (tertiary/aromatic N) is 2. The number of aryl methyl sites for hydroxylation is 1. The molecule has 3 atom stereocenters. The maximum Gasteiger partial charge on any atom is 0.267 e. The van der Waals surface area contributed by atoms with Gasteiger partial charge in [0.15, 0.2) is 0 Å². The molecule has 1 aliphatic rings. The summed E-state index contributed by atoms with van der Waals surface area (Å²) in [5.74, 6) is 0.0970. The molecule has 0 radical (unpaired) electrons. The molecule has 0 saturated heterocycles. The fourth-order valence-corrected chi connectivity index (χ4v) is 6.14. The van der Waals surface area contributed by atoms with Crippen molar-refractivity contribution in [3.8, 4) is 0 Å². The van der Waals surface area contributed by atoms with E-state index in [4.69, 9.17) is 4.74 Å². The highest BCUT2D eigenvalue weighted by Gasteiger charge is 2.36. The summed E-state index contributed by atoms with van der Waals surface area (Å²) in [6, 6.07) is 9.05. The number of hydrogen-bond acceptors (Lipinski definition) is 5. The van der Waals surface area contributed by atoms with Crippen LogP contribution in [0.3, 0.4) is 0 Å². The molecule has 1 saturated carbocycles. The molecule has 1 aliphatic carbocycles. The van der Waals surface area contributed by atoms with Gasteiger partial charge in [-0.1, -0.05) is 31.5 Å². The standard InChI is InChI=1S/C26H38N2O4S/c1-5-14-27(15-6-2)22-9-12-25(29)24(18-22)26(32-4)17-21-13-16-28(19-21)33(30,31)23-10-7-20(3)8-11-23/h7-8,10-11,13,16,19,22,24,26H,5-6,9,12,14-15,17-18H2,1-4H3. The van der Waals surface area contributed by atoms with Crippen LogP contribution in [-0.2, 0) is 26.0 Å². The fraction of sp³-hybridized carbons (Fsp3) is 0.577. The minimum atomic E-state index is -3.64. The highest BCUT2D eigenvalue weighted by molar-refractivity contribution is 7.90. The van der Waals surface area contributed by atoms with Gasteiger partial charge in [-0.3, -0.25) is 4.79 Å². The molecule has 33 heavy (non-hydrogen) atoms. The third-order valence-electron chi connectivity index (χ3n) is 6.71. The Labute approximate surface area is 199 Å². The zero-order valence-corrected chi connectivity index (χ0v) is 21.2. The van der Waals surface area contributed by atoms with Crippen LogP contribution in [0.5, 0.6) is 0 Å². The maximum atomic E-state index is 13.0. The van der Waals surface area contributed by atoms with Crippen LogP contribution >= 0.6 is 0 Å². The quantitative estimate of drug-likeness (QED) is 0.481. The Balaban J connectivity index is 1.74. The maximum absolute atomic E-state index is 13.0. The van der Waals surface area contributed by atoms with Crippen LogP contribution in [0.4, 0.5) is 0 Å². The monoisotopic (exact) mass is 474 g/mol. The second-order valence-electron chi connectivity index (χ2n) is 9.18. The van der Waals surface area contributed by atoms with E-state index >= 15 is 0 Å². The lowest BCUT2D eigenvalue weighted by molar-refractivity contribution is -0.131. The van der Waals surface area contributed by atoms with Gasteiger partial charge in [0.05, 0.1) is 11.0 Å². The summed E-state index contributed by atoms with van der Waals surface area (Å²) in [5.41, 5.74) is 1.86. The summed E-state index contributed by atoms with van der Waals surface area (Å²) in [6.07, 6.45) is 7.98. The highest BCUT2D eigenvalue weighted by Crippen LogP contribution is 2.31. The number of aromatic nitrogens is 1. The normalized spacial score (nSPS) is 20.3. The molecule has 182 valence electrons. The molecule has 3 rings (SSSR count). The third-order valence-corrected chi connectivity index (χ3v) is 8.37. The molecule has 0 bridgehead atoms. The summed E-state index contributed by atoms with van der Waals surface area (Å²) in [6.45, 7) is 8.42. The number of benzene rings is 1. The average molecular weight is 475 g/mol. The minimum absolute atomic E-state index is 0.165. The van der Waals surface area contributed by atoms with Crippen molar-refractivity contribution in [3.63, 3.8) is 0 Å². The molecule has 1 fully saturated rings. The van der Waals surface area contributed by atoms with Gasteiger partial charge in [0.1, 0.15) is 5.78 Å². The Morgan fingerprint density at radius 1 is 1.12 bits per heavy atom. The van der Waals surface area contributed by atoms with Crippen LogP contribution in [0, 0.1) is 12.8 Å². The average Bonchev–Trinajstić information content (AvgIpc) is 3.28. The highest BCUT2D eigenvalue weighted by atomic mass is 32.2. The molecule has 0 amide bonds. The molecule has 3 unspecified atom stereocenters. The predicted molar refractivity (Wildman–Crippen MR) is 131 cm³/mol. The van der Waals surface area contributed by atoms with Crippen molar-refractivity contribution < 1.29 is 17.9 Å². The van der Waals surface area contributed by atoms with Crippen molar-refractivity contribution in [1.82, 2.24) is 8.87 Å². The third kappa shape index (κ3) is 6.14. The Hall–Kier alpha value is -1.96. The first-order valence-electron chi connectivity index (χ1n) is 12.1. The van der Waals surface area contributed by atoms with E-state index < -0.39 is 10.0 Å². The van der Waals surface area contributed by atoms with Gasteiger partial charge in [-0.25, -0.2) is 12.4 Å². The topological polar surface area (TPSA) is 68.6 Å². The van der Waals surface area contributed by atoms with Crippen LogP contribution in [0.1, 0.15) is 57.1 Å². The SMILES string of the molecule is CCCN(CCC)C1CCC(=O)C(C(Cc2ccn(S(=O)(=O)c3ccc(C)cc3)c2)OC)C1. The molecule has 0 aliphatic heterocycles. The van der Waals surface area contributed by atoms with Crippen molar-refractivity contribution >= 4 is 15.8 Å². The van der Waals surface area contributed by atoms with Crippen molar-refractivity contribution in [2.24, 2.45) is 5.92 Å².